The lowest BCUT2D eigenvalue weighted by Crippen LogP contribution is -2.38. The van der Waals surface area contributed by atoms with Gasteiger partial charge in [-0.15, -0.1) is 11.3 Å². The van der Waals surface area contributed by atoms with Crippen molar-refractivity contribution in [3.63, 3.8) is 0 Å². The summed E-state index contributed by atoms with van der Waals surface area (Å²) < 4.78 is 0. The number of hydrogen-bond acceptors (Lipinski definition) is 3. The van der Waals surface area contributed by atoms with Crippen molar-refractivity contribution in [2.75, 3.05) is 13.1 Å². The molecule has 4 unspecified atom stereocenters. The van der Waals surface area contributed by atoms with Crippen molar-refractivity contribution in [1.82, 2.24) is 4.90 Å². The Bertz CT molecular complexity index is 311. The Hall–Kier alpha value is -0.380. The molecule has 1 fully saturated rings. The average molecular weight is 238 g/mol. The monoisotopic (exact) mass is 238 g/mol. The summed E-state index contributed by atoms with van der Waals surface area (Å²) in [5.74, 6) is 1.59. The van der Waals surface area contributed by atoms with Gasteiger partial charge in [-0.05, 0) is 30.2 Å². The highest BCUT2D eigenvalue weighted by atomic mass is 32.1. The number of nitrogens with zero attached hydrogens (tertiary/aromatic N) is 1. The van der Waals surface area contributed by atoms with E-state index < -0.39 is 0 Å². The third kappa shape index (κ3) is 2.31. The minimum atomic E-state index is 0.205. The standard InChI is InChI=1S/C13H22N2S/c1-9-7-15(8-10(9)2)13(11(3)14)12-5-4-6-16-12/h4-6,9-11,13H,7-8,14H2,1-3H3. The minimum Gasteiger partial charge on any atom is -0.326 e. The van der Waals surface area contributed by atoms with Gasteiger partial charge in [-0.1, -0.05) is 19.9 Å². The molecule has 0 spiro atoms. The molecule has 1 aliphatic rings. The van der Waals surface area contributed by atoms with E-state index in [2.05, 4.69) is 43.2 Å². The highest BCUT2D eigenvalue weighted by Gasteiger charge is 2.33. The first kappa shape index (κ1) is 12.1. The summed E-state index contributed by atoms with van der Waals surface area (Å²) >= 11 is 1.83. The van der Waals surface area contributed by atoms with Gasteiger partial charge in [-0.2, -0.15) is 0 Å². The minimum absolute atomic E-state index is 0.205. The molecule has 1 aromatic rings. The Morgan fingerprint density at radius 2 is 2.00 bits per heavy atom. The van der Waals surface area contributed by atoms with Crippen LogP contribution in [0.15, 0.2) is 17.5 Å². The van der Waals surface area contributed by atoms with Crippen molar-refractivity contribution in [2.45, 2.75) is 32.9 Å². The summed E-state index contributed by atoms with van der Waals surface area (Å²) in [7, 11) is 0. The molecular formula is C13H22N2S. The predicted octanol–water partition coefficient (Wildman–Crippen LogP) is 2.72. The van der Waals surface area contributed by atoms with Crippen LogP contribution in [0.4, 0.5) is 0 Å². The second kappa shape index (κ2) is 4.86. The SMILES string of the molecule is CC(N)C(c1cccs1)N1CC(C)C(C)C1. The van der Waals surface area contributed by atoms with Gasteiger partial charge in [0.2, 0.25) is 0 Å². The second-order valence-electron chi connectivity index (χ2n) is 5.23. The summed E-state index contributed by atoms with van der Waals surface area (Å²) in [4.78, 5) is 3.97. The number of thiophene rings is 1. The Morgan fingerprint density at radius 3 is 2.44 bits per heavy atom. The Kier molecular flexibility index (Phi) is 3.67. The summed E-state index contributed by atoms with van der Waals surface area (Å²) in [6, 6.07) is 4.95. The van der Waals surface area contributed by atoms with Crippen LogP contribution in [0.2, 0.25) is 0 Å². The van der Waals surface area contributed by atoms with E-state index in [1.54, 1.807) is 0 Å². The van der Waals surface area contributed by atoms with Crippen LogP contribution in [0.3, 0.4) is 0 Å². The first-order chi connectivity index (χ1) is 7.59. The van der Waals surface area contributed by atoms with Gasteiger partial charge < -0.3 is 5.73 Å². The number of nitrogens with two attached hydrogens (primary N) is 1. The lowest BCUT2D eigenvalue weighted by atomic mass is 10.0. The van der Waals surface area contributed by atoms with Gasteiger partial charge in [0.05, 0.1) is 6.04 Å². The zero-order valence-corrected chi connectivity index (χ0v) is 11.2. The molecule has 0 bridgehead atoms. The van der Waals surface area contributed by atoms with Crippen molar-refractivity contribution in [3.8, 4) is 0 Å². The normalized spacial score (nSPS) is 30.5. The molecule has 3 heteroatoms. The Labute approximate surface area is 102 Å². The van der Waals surface area contributed by atoms with Crippen LogP contribution in [0, 0.1) is 11.8 Å². The van der Waals surface area contributed by atoms with E-state index in [1.807, 2.05) is 11.3 Å². The maximum absolute atomic E-state index is 6.16. The molecule has 1 aliphatic heterocycles. The van der Waals surface area contributed by atoms with E-state index in [0.717, 1.165) is 11.8 Å². The van der Waals surface area contributed by atoms with Crippen molar-refractivity contribution in [1.29, 1.82) is 0 Å². The molecule has 4 atom stereocenters. The average Bonchev–Trinajstić information content (AvgIpc) is 2.79. The topological polar surface area (TPSA) is 29.3 Å². The van der Waals surface area contributed by atoms with E-state index in [-0.39, 0.29) is 6.04 Å². The maximum Gasteiger partial charge on any atom is 0.0590 e. The summed E-state index contributed by atoms with van der Waals surface area (Å²) in [5.41, 5.74) is 6.16. The highest BCUT2D eigenvalue weighted by Crippen LogP contribution is 2.34. The van der Waals surface area contributed by atoms with Crippen LogP contribution < -0.4 is 5.73 Å². The summed E-state index contributed by atoms with van der Waals surface area (Å²) in [5, 5.41) is 2.15. The van der Waals surface area contributed by atoms with Crippen LogP contribution >= 0.6 is 11.3 Å². The van der Waals surface area contributed by atoms with Crippen LogP contribution in [-0.4, -0.2) is 24.0 Å². The zero-order valence-electron chi connectivity index (χ0n) is 10.4. The van der Waals surface area contributed by atoms with Gasteiger partial charge in [-0.3, -0.25) is 4.90 Å². The molecule has 16 heavy (non-hydrogen) atoms. The first-order valence-electron chi connectivity index (χ1n) is 6.12. The largest absolute Gasteiger partial charge is 0.326 e. The van der Waals surface area contributed by atoms with Crippen LogP contribution in [0.5, 0.6) is 0 Å². The molecule has 0 radical (unpaired) electrons. The fraction of sp³-hybridized carbons (Fsp3) is 0.692. The van der Waals surface area contributed by atoms with Crippen molar-refractivity contribution in [2.24, 2.45) is 17.6 Å². The van der Waals surface area contributed by atoms with Gasteiger partial charge in [0, 0.05) is 24.0 Å². The van der Waals surface area contributed by atoms with E-state index >= 15 is 0 Å². The molecule has 2 rings (SSSR count). The van der Waals surface area contributed by atoms with Crippen molar-refractivity contribution >= 4 is 11.3 Å². The molecule has 0 aromatic carbocycles. The lowest BCUT2D eigenvalue weighted by molar-refractivity contribution is 0.213. The molecule has 90 valence electrons. The van der Waals surface area contributed by atoms with E-state index in [0.29, 0.717) is 6.04 Å². The molecule has 2 heterocycles. The molecule has 2 N–H and O–H groups in total. The van der Waals surface area contributed by atoms with Crippen LogP contribution in [0.25, 0.3) is 0 Å². The first-order valence-corrected chi connectivity index (χ1v) is 7.00. The third-order valence-corrected chi connectivity index (χ3v) is 4.69. The maximum atomic E-state index is 6.16. The van der Waals surface area contributed by atoms with E-state index in [9.17, 15) is 0 Å². The smallest absolute Gasteiger partial charge is 0.0590 e. The highest BCUT2D eigenvalue weighted by molar-refractivity contribution is 7.10. The molecule has 0 amide bonds. The van der Waals surface area contributed by atoms with Crippen molar-refractivity contribution < 1.29 is 0 Å². The summed E-state index contributed by atoms with van der Waals surface area (Å²) in [6.45, 7) is 9.18. The molecule has 2 nitrogen and oxygen atoms in total. The lowest BCUT2D eigenvalue weighted by Gasteiger charge is -2.30. The fourth-order valence-electron chi connectivity index (χ4n) is 2.63. The van der Waals surface area contributed by atoms with Crippen molar-refractivity contribution in [3.05, 3.63) is 22.4 Å². The van der Waals surface area contributed by atoms with E-state index in [1.165, 1.54) is 18.0 Å². The van der Waals surface area contributed by atoms with E-state index in [4.69, 9.17) is 5.73 Å². The zero-order chi connectivity index (χ0) is 11.7. The number of likely N-dealkylation sites (tertiary alicyclic amines) is 1. The number of hydrogen-bond donors (Lipinski definition) is 1. The second-order valence-corrected chi connectivity index (χ2v) is 6.21. The molecule has 1 saturated heterocycles. The quantitative estimate of drug-likeness (QED) is 0.877. The third-order valence-electron chi connectivity index (χ3n) is 3.74. The van der Waals surface area contributed by atoms with Gasteiger partial charge in [0.1, 0.15) is 0 Å². The van der Waals surface area contributed by atoms with Gasteiger partial charge in [-0.25, -0.2) is 0 Å². The fourth-order valence-corrected chi connectivity index (χ4v) is 3.61. The summed E-state index contributed by atoms with van der Waals surface area (Å²) in [6.07, 6.45) is 0. The Morgan fingerprint density at radius 1 is 1.38 bits per heavy atom. The van der Waals surface area contributed by atoms with Crippen LogP contribution in [0.1, 0.15) is 31.7 Å². The molecule has 0 saturated carbocycles. The number of rotatable bonds is 3. The predicted molar refractivity (Wildman–Crippen MR) is 70.6 cm³/mol. The Balaban J connectivity index is 2.15. The molecule has 1 aromatic heterocycles. The van der Waals surface area contributed by atoms with Gasteiger partial charge >= 0.3 is 0 Å². The van der Waals surface area contributed by atoms with Gasteiger partial charge in [0.15, 0.2) is 0 Å². The molecule has 0 aliphatic carbocycles. The molecular weight excluding hydrogens is 216 g/mol. The van der Waals surface area contributed by atoms with Crippen LogP contribution in [-0.2, 0) is 0 Å². The van der Waals surface area contributed by atoms with Gasteiger partial charge in [0.25, 0.3) is 0 Å².